The standard InChI is InChI=1S/C11H13N5O3S/c1-6-4-15(14-10(6)16(18)19)5-8-3-9(11(17)13-12)20-7(8)2/h3-4H,5,12H2,1-2H3,(H,13,17). The van der Waals surface area contributed by atoms with Crippen molar-refractivity contribution in [3.8, 4) is 0 Å². The smallest absolute Gasteiger partial charge is 0.358 e. The third-order valence-electron chi connectivity index (χ3n) is 2.80. The van der Waals surface area contributed by atoms with Gasteiger partial charge in [-0.05, 0) is 30.4 Å². The van der Waals surface area contributed by atoms with Crippen LogP contribution in [0.1, 0.15) is 25.7 Å². The van der Waals surface area contributed by atoms with E-state index in [0.29, 0.717) is 17.0 Å². The first kappa shape index (κ1) is 14.2. The molecule has 0 spiro atoms. The number of carbonyl (C=O) groups is 1. The highest BCUT2D eigenvalue weighted by atomic mass is 32.1. The summed E-state index contributed by atoms with van der Waals surface area (Å²) in [6.07, 6.45) is 1.61. The zero-order valence-corrected chi connectivity index (χ0v) is 11.7. The van der Waals surface area contributed by atoms with E-state index in [1.807, 2.05) is 6.92 Å². The van der Waals surface area contributed by atoms with E-state index in [1.54, 1.807) is 19.2 Å². The van der Waals surface area contributed by atoms with E-state index in [0.717, 1.165) is 10.4 Å². The molecule has 9 heteroatoms. The minimum Gasteiger partial charge on any atom is -0.358 e. The van der Waals surface area contributed by atoms with Gasteiger partial charge in [-0.25, -0.2) is 5.84 Å². The number of nitrogens with two attached hydrogens (primary N) is 1. The number of nitro groups is 1. The van der Waals surface area contributed by atoms with Crippen LogP contribution in [0, 0.1) is 24.0 Å². The maximum atomic E-state index is 11.4. The summed E-state index contributed by atoms with van der Waals surface area (Å²) in [5, 5.41) is 14.7. The van der Waals surface area contributed by atoms with Gasteiger partial charge in [0, 0.05) is 4.88 Å². The summed E-state index contributed by atoms with van der Waals surface area (Å²) < 4.78 is 1.49. The van der Waals surface area contributed by atoms with E-state index in [9.17, 15) is 14.9 Å². The van der Waals surface area contributed by atoms with Crippen LogP contribution in [0.5, 0.6) is 0 Å². The molecule has 0 aromatic carbocycles. The summed E-state index contributed by atoms with van der Waals surface area (Å²) in [7, 11) is 0. The van der Waals surface area contributed by atoms with Crippen LogP contribution in [0.2, 0.25) is 0 Å². The Hall–Kier alpha value is -2.26. The number of thiophene rings is 1. The van der Waals surface area contributed by atoms with Gasteiger partial charge in [-0.2, -0.15) is 4.68 Å². The summed E-state index contributed by atoms with van der Waals surface area (Å²) in [5.74, 6) is 4.58. The predicted molar refractivity (Wildman–Crippen MR) is 73.4 cm³/mol. The van der Waals surface area contributed by atoms with Crippen molar-refractivity contribution in [2.45, 2.75) is 20.4 Å². The number of nitrogens with one attached hydrogen (secondary N) is 1. The van der Waals surface area contributed by atoms with Crippen LogP contribution in [-0.4, -0.2) is 20.6 Å². The highest BCUT2D eigenvalue weighted by Crippen LogP contribution is 2.23. The Balaban J connectivity index is 2.26. The van der Waals surface area contributed by atoms with Crippen LogP contribution < -0.4 is 11.3 Å². The van der Waals surface area contributed by atoms with Crippen molar-refractivity contribution in [3.63, 3.8) is 0 Å². The molecular weight excluding hydrogens is 282 g/mol. The molecule has 2 aromatic rings. The van der Waals surface area contributed by atoms with Gasteiger partial charge in [-0.3, -0.25) is 10.2 Å². The van der Waals surface area contributed by atoms with Gasteiger partial charge in [-0.15, -0.1) is 11.3 Å². The molecule has 3 N–H and O–H groups in total. The number of amides is 1. The number of carbonyl (C=O) groups excluding carboxylic acids is 1. The Morgan fingerprint density at radius 1 is 1.60 bits per heavy atom. The van der Waals surface area contributed by atoms with Crippen molar-refractivity contribution < 1.29 is 9.72 Å². The maximum absolute atomic E-state index is 11.4. The fourth-order valence-corrected chi connectivity index (χ4v) is 2.74. The van der Waals surface area contributed by atoms with Crippen molar-refractivity contribution in [2.75, 3.05) is 0 Å². The monoisotopic (exact) mass is 295 g/mol. The Labute approximate surface area is 118 Å². The molecule has 0 bridgehead atoms. The van der Waals surface area contributed by atoms with Crippen molar-refractivity contribution in [1.29, 1.82) is 0 Å². The van der Waals surface area contributed by atoms with Gasteiger partial charge >= 0.3 is 5.82 Å². The van der Waals surface area contributed by atoms with E-state index >= 15 is 0 Å². The molecule has 0 saturated carbocycles. The first-order valence-corrected chi connectivity index (χ1v) is 6.52. The molecule has 0 atom stereocenters. The van der Waals surface area contributed by atoms with Gasteiger partial charge in [0.15, 0.2) is 0 Å². The number of nitrogen functional groups attached to an aromatic ring is 1. The van der Waals surface area contributed by atoms with E-state index in [-0.39, 0.29) is 11.7 Å². The molecule has 2 rings (SSSR count). The molecule has 0 aliphatic rings. The second-order valence-corrected chi connectivity index (χ2v) is 5.51. The topological polar surface area (TPSA) is 116 Å². The minimum absolute atomic E-state index is 0.155. The summed E-state index contributed by atoms with van der Waals surface area (Å²) in [5.41, 5.74) is 3.46. The van der Waals surface area contributed by atoms with Crippen LogP contribution in [0.15, 0.2) is 12.3 Å². The number of hydrogen-bond acceptors (Lipinski definition) is 6. The molecule has 20 heavy (non-hydrogen) atoms. The van der Waals surface area contributed by atoms with Crippen LogP contribution >= 0.6 is 11.3 Å². The molecule has 106 valence electrons. The molecular formula is C11H13N5O3S. The van der Waals surface area contributed by atoms with Gasteiger partial charge in [-0.1, -0.05) is 0 Å². The van der Waals surface area contributed by atoms with Crippen LogP contribution in [0.25, 0.3) is 0 Å². The number of hydrazine groups is 1. The molecule has 1 amide bonds. The molecule has 8 nitrogen and oxygen atoms in total. The van der Waals surface area contributed by atoms with E-state index < -0.39 is 4.92 Å². The van der Waals surface area contributed by atoms with Gasteiger partial charge < -0.3 is 10.1 Å². The van der Waals surface area contributed by atoms with E-state index in [4.69, 9.17) is 5.84 Å². The van der Waals surface area contributed by atoms with Gasteiger partial charge in [0.05, 0.1) is 28.3 Å². The Kier molecular flexibility index (Phi) is 3.81. The third kappa shape index (κ3) is 2.68. The molecule has 0 aliphatic heterocycles. The highest BCUT2D eigenvalue weighted by Gasteiger charge is 2.19. The first-order chi connectivity index (χ1) is 9.42. The lowest BCUT2D eigenvalue weighted by Crippen LogP contribution is -2.29. The highest BCUT2D eigenvalue weighted by molar-refractivity contribution is 7.14. The number of aryl methyl sites for hydroxylation is 2. The van der Waals surface area contributed by atoms with Crippen LogP contribution in [0.4, 0.5) is 5.82 Å². The Bertz CT molecular complexity index is 676. The second-order valence-electron chi connectivity index (χ2n) is 4.26. The van der Waals surface area contributed by atoms with Crippen molar-refractivity contribution >= 4 is 23.1 Å². The number of hydrogen-bond donors (Lipinski definition) is 2. The molecule has 0 saturated heterocycles. The number of aromatic nitrogens is 2. The number of rotatable bonds is 4. The molecule has 2 aromatic heterocycles. The summed E-state index contributed by atoms with van der Waals surface area (Å²) in [4.78, 5) is 23.1. The predicted octanol–water partition coefficient (Wildman–Crippen LogP) is 1.12. The Morgan fingerprint density at radius 2 is 2.30 bits per heavy atom. The lowest BCUT2D eigenvalue weighted by molar-refractivity contribution is -0.390. The summed E-state index contributed by atoms with van der Waals surface area (Å²) in [6, 6.07) is 1.71. The minimum atomic E-state index is -0.514. The lowest BCUT2D eigenvalue weighted by atomic mass is 10.2. The van der Waals surface area contributed by atoms with Crippen molar-refractivity contribution in [2.24, 2.45) is 5.84 Å². The molecule has 0 fully saturated rings. The summed E-state index contributed by atoms with van der Waals surface area (Å²) in [6.45, 7) is 3.88. The van der Waals surface area contributed by atoms with E-state index in [2.05, 4.69) is 10.5 Å². The van der Waals surface area contributed by atoms with Gasteiger partial charge in [0.2, 0.25) is 0 Å². The third-order valence-corrected chi connectivity index (χ3v) is 3.89. The molecule has 0 aliphatic carbocycles. The molecule has 0 unspecified atom stereocenters. The lowest BCUT2D eigenvalue weighted by Gasteiger charge is -1.95. The van der Waals surface area contributed by atoms with Crippen molar-refractivity contribution in [1.82, 2.24) is 15.2 Å². The molecule has 0 radical (unpaired) electrons. The SMILES string of the molecule is Cc1cn(Cc2cc(C(=O)NN)sc2C)nc1[N+](=O)[O-]. The zero-order valence-electron chi connectivity index (χ0n) is 10.9. The van der Waals surface area contributed by atoms with Crippen LogP contribution in [-0.2, 0) is 6.54 Å². The first-order valence-electron chi connectivity index (χ1n) is 5.71. The number of nitrogens with zero attached hydrogens (tertiary/aromatic N) is 3. The van der Waals surface area contributed by atoms with E-state index in [1.165, 1.54) is 16.0 Å². The summed E-state index contributed by atoms with van der Waals surface area (Å²) >= 11 is 1.32. The van der Waals surface area contributed by atoms with Gasteiger partial charge in [0.1, 0.15) is 0 Å². The normalized spacial score (nSPS) is 10.6. The zero-order chi connectivity index (χ0) is 14.9. The fourth-order valence-electron chi connectivity index (χ4n) is 1.81. The molecule has 2 heterocycles. The largest absolute Gasteiger partial charge is 0.392 e. The van der Waals surface area contributed by atoms with Crippen molar-refractivity contribution in [3.05, 3.63) is 43.3 Å². The Morgan fingerprint density at radius 3 is 2.85 bits per heavy atom. The van der Waals surface area contributed by atoms with Gasteiger partial charge in [0.25, 0.3) is 5.91 Å². The fraction of sp³-hybridized carbons (Fsp3) is 0.273. The quantitative estimate of drug-likeness (QED) is 0.379. The average Bonchev–Trinajstić information content (AvgIpc) is 2.93. The van der Waals surface area contributed by atoms with Crippen LogP contribution in [0.3, 0.4) is 0 Å². The second kappa shape index (κ2) is 5.39. The average molecular weight is 295 g/mol. The maximum Gasteiger partial charge on any atom is 0.392 e.